The zero-order valence-electron chi connectivity index (χ0n) is 15.5. The zero-order chi connectivity index (χ0) is 19.1. The molecular formula is C21H23N3O2S. The number of carbonyl (C=O) groups is 1. The predicted octanol–water partition coefficient (Wildman–Crippen LogP) is 4.33. The summed E-state index contributed by atoms with van der Waals surface area (Å²) in [6, 6.07) is 18.2. The molecule has 27 heavy (non-hydrogen) atoms. The fourth-order valence-corrected chi connectivity index (χ4v) is 3.31. The molecule has 0 saturated carbocycles. The van der Waals surface area contributed by atoms with E-state index < -0.39 is 0 Å². The molecule has 6 heteroatoms. The van der Waals surface area contributed by atoms with Crippen molar-refractivity contribution >= 4 is 17.7 Å². The number of nitrogens with one attached hydrogen (secondary N) is 1. The van der Waals surface area contributed by atoms with E-state index in [9.17, 15) is 4.79 Å². The van der Waals surface area contributed by atoms with Gasteiger partial charge in [0.15, 0.2) is 0 Å². The van der Waals surface area contributed by atoms with Crippen molar-refractivity contribution in [1.29, 1.82) is 0 Å². The Morgan fingerprint density at radius 2 is 1.85 bits per heavy atom. The summed E-state index contributed by atoms with van der Waals surface area (Å²) in [4.78, 5) is 12.3. The molecule has 140 valence electrons. The molecule has 0 spiro atoms. The second-order valence-corrected chi connectivity index (χ2v) is 7.28. The summed E-state index contributed by atoms with van der Waals surface area (Å²) < 4.78 is 5.63. The van der Waals surface area contributed by atoms with Crippen LogP contribution < -0.4 is 5.32 Å². The van der Waals surface area contributed by atoms with Crippen molar-refractivity contribution in [1.82, 2.24) is 15.5 Å². The van der Waals surface area contributed by atoms with Gasteiger partial charge in [0.25, 0.3) is 5.22 Å². The van der Waals surface area contributed by atoms with Gasteiger partial charge in [-0.1, -0.05) is 78.8 Å². The van der Waals surface area contributed by atoms with Crippen LogP contribution in [0.3, 0.4) is 0 Å². The lowest BCUT2D eigenvalue weighted by atomic mass is 10.0. The molecule has 0 fully saturated rings. The number of nitrogens with zero attached hydrogens (tertiary/aromatic N) is 2. The van der Waals surface area contributed by atoms with E-state index >= 15 is 0 Å². The topological polar surface area (TPSA) is 68.0 Å². The molecule has 0 aliphatic carbocycles. The first-order chi connectivity index (χ1) is 13.1. The summed E-state index contributed by atoms with van der Waals surface area (Å²) in [6.07, 6.45) is 1.42. The number of aromatic nitrogens is 2. The molecule has 3 aromatic rings. The number of amides is 1. The number of rotatable bonds is 8. The van der Waals surface area contributed by atoms with Crippen LogP contribution in [0.15, 0.2) is 64.2 Å². The van der Waals surface area contributed by atoms with Crippen LogP contribution in [0.4, 0.5) is 0 Å². The molecule has 0 bridgehead atoms. The number of carbonyl (C=O) groups excluding carboxylic acids is 1. The summed E-state index contributed by atoms with van der Waals surface area (Å²) in [6.45, 7) is 4.11. The molecule has 1 aromatic heterocycles. The third kappa shape index (κ3) is 5.69. The molecule has 2 aromatic carbocycles. The summed E-state index contributed by atoms with van der Waals surface area (Å²) in [7, 11) is 0. The van der Waals surface area contributed by atoms with Crippen molar-refractivity contribution in [3.63, 3.8) is 0 Å². The maximum Gasteiger partial charge on any atom is 0.277 e. The van der Waals surface area contributed by atoms with Crippen LogP contribution in [0.1, 0.15) is 42.0 Å². The minimum Gasteiger partial charge on any atom is -0.416 e. The van der Waals surface area contributed by atoms with E-state index in [-0.39, 0.29) is 17.7 Å². The quantitative estimate of drug-likeness (QED) is 0.588. The summed E-state index contributed by atoms with van der Waals surface area (Å²) in [5.41, 5.74) is 3.43. The average Bonchev–Trinajstić information content (AvgIpc) is 3.13. The number of hydrogen-bond acceptors (Lipinski definition) is 5. The minimum absolute atomic E-state index is 0.00928. The van der Waals surface area contributed by atoms with Crippen molar-refractivity contribution < 1.29 is 9.21 Å². The van der Waals surface area contributed by atoms with Gasteiger partial charge in [-0.15, -0.1) is 10.2 Å². The molecule has 0 aliphatic rings. The summed E-state index contributed by atoms with van der Waals surface area (Å²) in [5.74, 6) is 0.750. The molecule has 1 atom stereocenters. The van der Waals surface area contributed by atoms with Crippen LogP contribution in [-0.4, -0.2) is 21.9 Å². The van der Waals surface area contributed by atoms with Gasteiger partial charge in [0.1, 0.15) is 0 Å². The van der Waals surface area contributed by atoms with Gasteiger partial charge in [-0.25, -0.2) is 0 Å². The maximum atomic E-state index is 12.3. The Kier molecular flexibility index (Phi) is 6.65. The first-order valence-electron chi connectivity index (χ1n) is 8.99. The van der Waals surface area contributed by atoms with Crippen molar-refractivity contribution in [3.8, 4) is 0 Å². The first-order valence-corrected chi connectivity index (χ1v) is 9.97. The highest BCUT2D eigenvalue weighted by Crippen LogP contribution is 2.20. The molecule has 0 unspecified atom stereocenters. The minimum atomic E-state index is -0.0461. The Morgan fingerprint density at radius 3 is 2.56 bits per heavy atom. The second-order valence-electron chi connectivity index (χ2n) is 6.35. The Labute approximate surface area is 163 Å². The van der Waals surface area contributed by atoms with E-state index in [2.05, 4.69) is 53.6 Å². The van der Waals surface area contributed by atoms with Gasteiger partial charge >= 0.3 is 0 Å². The fourth-order valence-electron chi connectivity index (χ4n) is 2.72. The molecule has 0 saturated heterocycles. The standard InChI is InChI=1S/C21H23N3O2S/c1-3-18(17-11-9-15(2)10-12-17)22-19(25)14-27-21-24-23-20(26-21)13-16-7-5-4-6-8-16/h4-12,18H,3,13-14H2,1-2H3,(H,22,25)/t18-/m0/s1. The third-order valence-corrected chi connectivity index (χ3v) is 5.01. The molecule has 1 heterocycles. The van der Waals surface area contributed by atoms with Crippen molar-refractivity contribution in [3.05, 3.63) is 77.2 Å². The number of hydrogen-bond donors (Lipinski definition) is 1. The van der Waals surface area contributed by atoms with Crippen LogP contribution in [0.25, 0.3) is 0 Å². The molecule has 0 radical (unpaired) electrons. The largest absolute Gasteiger partial charge is 0.416 e. The van der Waals surface area contributed by atoms with Crippen molar-refractivity contribution in [2.24, 2.45) is 0 Å². The van der Waals surface area contributed by atoms with Gasteiger partial charge in [-0.05, 0) is 24.5 Å². The van der Waals surface area contributed by atoms with Crippen LogP contribution >= 0.6 is 11.8 Å². The normalized spacial score (nSPS) is 11.9. The lowest BCUT2D eigenvalue weighted by Gasteiger charge is -2.17. The van der Waals surface area contributed by atoms with Crippen LogP contribution in [0.5, 0.6) is 0 Å². The second kappa shape index (κ2) is 9.37. The van der Waals surface area contributed by atoms with Crippen LogP contribution in [0, 0.1) is 6.92 Å². The molecule has 1 amide bonds. The zero-order valence-corrected chi connectivity index (χ0v) is 16.3. The Balaban J connectivity index is 1.50. The van der Waals surface area contributed by atoms with Gasteiger partial charge in [-0.3, -0.25) is 4.79 Å². The lowest BCUT2D eigenvalue weighted by molar-refractivity contribution is -0.119. The van der Waals surface area contributed by atoms with Gasteiger partial charge < -0.3 is 9.73 Å². The monoisotopic (exact) mass is 381 g/mol. The highest BCUT2D eigenvalue weighted by Gasteiger charge is 2.15. The lowest BCUT2D eigenvalue weighted by Crippen LogP contribution is -2.29. The van der Waals surface area contributed by atoms with Crippen LogP contribution in [-0.2, 0) is 11.2 Å². The number of benzene rings is 2. The molecule has 3 rings (SSSR count). The Hall–Kier alpha value is -2.60. The first kappa shape index (κ1) is 19.2. The van der Waals surface area contributed by atoms with E-state index in [1.54, 1.807) is 0 Å². The van der Waals surface area contributed by atoms with E-state index in [0.29, 0.717) is 17.5 Å². The van der Waals surface area contributed by atoms with Crippen molar-refractivity contribution in [2.45, 2.75) is 38.0 Å². The highest BCUT2D eigenvalue weighted by atomic mass is 32.2. The van der Waals surface area contributed by atoms with Crippen LogP contribution in [0.2, 0.25) is 0 Å². The Bertz CT molecular complexity index is 863. The molecule has 0 aliphatic heterocycles. The molecule has 1 N–H and O–H groups in total. The summed E-state index contributed by atoms with van der Waals surface area (Å²) in [5, 5.41) is 11.6. The average molecular weight is 382 g/mol. The van der Waals surface area contributed by atoms with E-state index in [4.69, 9.17) is 4.42 Å². The maximum absolute atomic E-state index is 12.3. The smallest absolute Gasteiger partial charge is 0.277 e. The van der Waals surface area contributed by atoms with Gasteiger partial charge in [0, 0.05) is 0 Å². The van der Waals surface area contributed by atoms with E-state index in [0.717, 1.165) is 17.5 Å². The number of thioether (sulfide) groups is 1. The summed E-state index contributed by atoms with van der Waals surface area (Å²) >= 11 is 1.26. The Morgan fingerprint density at radius 1 is 1.11 bits per heavy atom. The SMILES string of the molecule is CC[C@H](NC(=O)CSc1nnc(Cc2ccccc2)o1)c1ccc(C)cc1. The van der Waals surface area contributed by atoms with E-state index in [1.165, 1.54) is 17.3 Å². The number of aryl methyl sites for hydroxylation is 1. The molecule has 5 nitrogen and oxygen atoms in total. The van der Waals surface area contributed by atoms with Gasteiger partial charge in [-0.2, -0.15) is 0 Å². The third-order valence-electron chi connectivity index (χ3n) is 4.20. The fraction of sp³-hybridized carbons (Fsp3) is 0.286. The highest BCUT2D eigenvalue weighted by molar-refractivity contribution is 7.99. The van der Waals surface area contributed by atoms with E-state index in [1.807, 2.05) is 30.3 Å². The van der Waals surface area contributed by atoms with Gasteiger partial charge in [0.2, 0.25) is 11.8 Å². The molecular weight excluding hydrogens is 358 g/mol. The predicted molar refractivity (Wildman–Crippen MR) is 107 cm³/mol. The van der Waals surface area contributed by atoms with Gasteiger partial charge in [0.05, 0.1) is 18.2 Å². The van der Waals surface area contributed by atoms with Crippen molar-refractivity contribution in [2.75, 3.05) is 5.75 Å².